The summed E-state index contributed by atoms with van der Waals surface area (Å²) < 4.78 is 36.4. The molecule has 0 radical (unpaired) electrons. The molecule has 0 aliphatic heterocycles. The van der Waals surface area contributed by atoms with Gasteiger partial charge < -0.3 is 10.6 Å². The van der Waals surface area contributed by atoms with Crippen LogP contribution in [0.1, 0.15) is 12.0 Å². The molecule has 132 valence electrons. The molecular weight excluding hydrogens is 430 g/mol. The molecular formula is C17H21F3IN3. The summed E-state index contributed by atoms with van der Waals surface area (Å²) in [5.74, 6) is 0.384. The normalized spacial score (nSPS) is 11.9. The van der Waals surface area contributed by atoms with Crippen molar-refractivity contribution in [1.29, 1.82) is 0 Å². The van der Waals surface area contributed by atoms with Crippen molar-refractivity contribution < 1.29 is 13.2 Å². The lowest BCUT2D eigenvalue weighted by Crippen LogP contribution is -2.39. The number of nitrogens with zero attached hydrogens (tertiary/aromatic N) is 1. The Morgan fingerprint density at radius 1 is 1.00 bits per heavy atom. The van der Waals surface area contributed by atoms with Crippen LogP contribution in [-0.2, 0) is 6.42 Å². The van der Waals surface area contributed by atoms with E-state index in [9.17, 15) is 13.2 Å². The number of alkyl halides is 3. The van der Waals surface area contributed by atoms with Crippen LogP contribution in [0, 0.1) is 0 Å². The summed E-state index contributed by atoms with van der Waals surface area (Å²) in [6.45, 7) is 0.414. The summed E-state index contributed by atoms with van der Waals surface area (Å²) >= 11 is 0. The maximum absolute atomic E-state index is 12.1. The first-order chi connectivity index (χ1) is 11.0. The number of nitrogens with one attached hydrogen (secondary N) is 2. The maximum atomic E-state index is 12.1. The summed E-state index contributed by atoms with van der Waals surface area (Å²) in [6, 6.07) is 14.3. The van der Waals surface area contributed by atoms with Gasteiger partial charge in [-0.05, 0) is 22.8 Å². The van der Waals surface area contributed by atoms with Crippen LogP contribution in [0.5, 0.6) is 0 Å². The summed E-state index contributed by atoms with van der Waals surface area (Å²) in [4.78, 5) is 3.93. The summed E-state index contributed by atoms with van der Waals surface area (Å²) in [5.41, 5.74) is 1.20. The van der Waals surface area contributed by atoms with Crippen molar-refractivity contribution >= 4 is 40.7 Å². The second-order valence-electron chi connectivity index (χ2n) is 5.18. The fraction of sp³-hybridized carbons (Fsp3) is 0.353. The lowest BCUT2D eigenvalue weighted by atomic mass is 10.0. The van der Waals surface area contributed by atoms with Gasteiger partial charge in [-0.25, -0.2) is 0 Å². The molecule has 2 aromatic carbocycles. The average molecular weight is 451 g/mol. The van der Waals surface area contributed by atoms with E-state index in [4.69, 9.17) is 0 Å². The third kappa shape index (κ3) is 6.54. The summed E-state index contributed by atoms with van der Waals surface area (Å²) in [7, 11) is 1.54. The van der Waals surface area contributed by atoms with Gasteiger partial charge in [-0.3, -0.25) is 4.99 Å². The zero-order valence-corrected chi connectivity index (χ0v) is 15.7. The molecule has 0 spiro atoms. The Morgan fingerprint density at radius 2 is 1.67 bits per heavy atom. The Kier molecular flexibility index (Phi) is 8.30. The van der Waals surface area contributed by atoms with Crippen molar-refractivity contribution in [2.24, 2.45) is 4.99 Å². The number of halogens is 4. The van der Waals surface area contributed by atoms with Gasteiger partial charge in [-0.2, -0.15) is 13.2 Å². The van der Waals surface area contributed by atoms with Gasteiger partial charge in [0.05, 0.1) is 6.42 Å². The van der Waals surface area contributed by atoms with Gasteiger partial charge in [0.25, 0.3) is 0 Å². The molecule has 0 bridgehead atoms. The first-order valence-corrected chi connectivity index (χ1v) is 7.47. The molecule has 0 aliphatic rings. The standard InChI is InChI=1S/C17H20F3N3.HI/c1-21-16(23-12-10-17(18,19)20)22-11-9-14-7-4-6-13-5-2-3-8-15(13)14;/h2-8H,9-12H2,1H3,(H2,21,22,23);1H. The van der Waals surface area contributed by atoms with Crippen molar-refractivity contribution in [3.8, 4) is 0 Å². The molecule has 0 saturated carbocycles. The monoisotopic (exact) mass is 451 g/mol. The Bertz CT molecular complexity index is 666. The zero-order chi connectivity index (χ0) is 16.7. The second-order valence-corrected chi connectivity index (χ2v) is 5.18. The van der Waals surface area contributed by atoms with Crippen LogP contribution < -0.4 is 10.6 Å². The fourth-order valence-electron chi connectivity index (χ4n) is 2.37. The highest BCUT2D eigenvalue weighted by Crippen LogP contribution is 2.19. The number of rotatable bonds is 5. The first kappa shape index (κ1) is 20.5. The van der Waals surface area contributed by atoms with E-state index in [2.05, 4.69) is 39.9 Å². The molecule has 2 aromatic rings. The SMILES string of the molecule is CN=C(NCCc1cccc2ccccc12)NCCC(F)(F)F.I. The van der Waals surface area contributed by atoms with Crippen LogP contribution in [0.25, 0.3) is 10.8 Å². The number of hydrogen-bond donors (Lipinski definition) is 2. The molecule has 2 rings (SSSR count). The Balaban J connectivity index is 0.00000288. The molecule has 0 saturated heterocycles. The quantitative estimate of drug-likeness (QED) is 0.408. The fourth-order valence-corrected chi connectivity index (χ4v) is 2.37. The van der Waals surface area contributed by atoms with E-state index in [1.807, 2.05) is 18.2 Å². The van der Waals surface area contributed by atoms with Crippen LogP contribution in [-0.4, -0.2) is 32.3 Å². The first-order valence-electron chi connectivity index (χ1n) is 7.47. The molecule has 3 nitrogen and oxygen atoms in total. The van der Waals surface area contributed by atoms with E-state index in [0.717, 1.165) is 6.42 Å². The maximum Gasteiger partial charge on any atom is 0.390 e. The lowest BCUT2D eigenvalue weighted by molar-refractivity contribution is -0.132. The van der Waals surface area contributed by atoms with Gasteiger partial charge in [0.15, 0.2) is 5.96 Å². The van der Waals surface area contributed by atoms with E-state index in [-0.39, 0.29) is 30.5 Å². The van der Waals surface area contributed by atoms with Gasteiger partial charge in [0.2, 0.25) is 0 Å². The van der Waals surface area contributed by atoms with Crippen molar-refractivity contribution in [2.45, 2.75) is 19.0 Å². The third-order valence-electron chi connectivity index (χ3n) is 3.49. The lowest BCUT2D eigenvalue weighted by Gasteiger charge is -2.13. The van der Waals surface area contributed by atoms with Gasteiger partial charge in [0, 0.05) is 20.1 Å². The van der Waals surface area contributed by atoms with Gasteiger partial charge >= 0.3 is 6.18 Å². The van der Waals surface area contributed by atoms with E-state index < -0.39 is 12.6 Å². The van der Waals surface area contributed by atoms with Crippen LogP contribution in [0.2, 0.25) is 0 Å². The highest BCUT2D eigenvalue weighted by Gasteiger charge is 2.26. The summed E-state index contributed by atoms with van der Waals surface area (Å²) in [6.07, 6.45) is -4.27. The highest BCUT2D eigenvalue weighted by molar-refractivity contribution is 14.0. The van der Waals surface area contributed by atoms with Crippen molar-refractivity contribution in [2.75, 3.05) is 20.1 Å². The zero-order valence-electron chi connectivity index (χ0n) is 13.4. The van der Waals surface area contributed by atoms with E-state index >= 15 is 0 Å². The minimum Gasteiger partial charge on any atom is -0.356 e. The van der Waals surface area contributed by atoms with Gasteiger partial charge in [-0.15, -0.1) is 24.0 Å². The molecule has 0 aliphatic carbocycles. The molecule has 0 fully saturated rings. The smallest absolute Gasteiger partial charge is 0.356 e. The molecule has 0 heterocycles. The predicted molar refractivity (Wildman–Crippen MR) is 103 cm³/mol. The molecule has 7 heteroatoms. The number of aliphatic imine (C=N–C) groups is 1. The summed E-state index contributed by atoms with van der Waals surface area (Å²) in [5, 5.41) is 8.08. The van der Waals surface area contributed by atoms with Gasteiger partial charge in [0.1, 0.15) is 0 Å². The van der Waals surface area contributed by atoms with Crippen molar-refractivity contribution in [3.05, 3.63) is 48.0 Å². The van der Waals surface area contributed by atoms with E-state index in [1.54, 1.807) is 7.05 Å². The van der Waals surface area contributed by atoms with Crippen LogP contribution in [0.4, 0.5) is 13.2 Å². The minimum atomic E-state index is -4.16. The molecule has 2 N–H and O–H groups in total. The Hall–Kier alpha value is -1.51. The highest BCUT2D eigenvalue weighted by atomic mass is 127. The Labute approximate surface area is 156 Å². The van der Waals surface area contributed by atoms with Gasteiger partial charge in [-0.1, -0.05) is 42.5 Å². The molecule has 24 heavy (non-hydrogen) atoms. The number of benzene rings is 2. The largest absolute Gasteiger partial charge is 0.390 e. The topological polar surface area (TPSA) is 36.4 Å². The van der Waals surface area contributed by atoms with Crippen LogP contribution in [0.15, 0.2) is 47.5 Å². The van der Waals surface area contributed by atoms with E-state index in [0.29, 0.717) is 12.5 Å². The molecule has 0 unspecified atom stereocenters. The minimum absolute atomic E-state index is 0. The second kappa shape index (κ2) is 9.71. The van der Waals surface area contributed by atoms with Crippen molar-refractivity contribution in [1.82, 2.24) is 10.6 Å². The van der Waals surface area contributed by atoms with E-state index in [1.165, 1.54) is 16.3 Å². The molecule has 0 atom stereocenters. The third-order valence-corrected chi connectivity index (χ3v) is 3.49. The number of guanidine groups is 1. The molecule has 0 amide bonds. The Morgan fingerprint density at radius 3 is 2.38 bits per heavy atom. The van der Waals surface area contributed by atoms with Crippen molar-refractivity contribution in [3.63, 3.8) is 0 Å². The van der Waals surface area contributed by atoms with Crippen LogP contribution >= 0.6 is 24.0 Å². The number of fused-ring (bicyclic) bond motifs is 1. The van der Waals surface area contributed by atoms with Crippen LogP contribution in [0.3, 0.4) is 0 Å². The molecule has 0 aromatic heterocycles. The predicted octanol–water partition coefficient (Wildman–Crippen LogP) is 4.12. The number of hydrogen-bond acceptors (Lipinski definition) is 1. The average Bonchev–Trinajstić information content (AvgIpc) is 2.52.